The minimum Gasteiger partial charge on any atom is -0.371 e. The van der Waals surface area contributed by atoms with Crippen LogP contribution in [0.15, 0.2) is 15.9 Å². The topological polar surface area (TPSA) is 35.2 Å². The van der Waals surface area contributed by atoms with E-state index < -0.39 is 0 Å². The third kappa shape index (κ3) is 5.08. The predicted molar refractivity (Wildman–Crippen MR) is 78.5 cm³/mol. The van der Waals surface area contributed by atoms with Gasteiger partial charge in [0.1, 0.15) is 6.10 Å². The highest BCUT2D eigenvalue weighted by molar-refractivity contribution is 9.11. The molecule has 0 aliphatic heterocycles. The number of unbranched alkanes of at least 4 members (excludes halogenated alkanes) is 2. The zero-order valence-electron chi connectivity index (χ0n) is 10.6. The molecule has 2 unspecified atom stereocenters. The third-order valence-electron chi connectivity index (χ3n) is 2.78. The molecule has 0 saturated heterocycles. The van der Waals surface area contributed by atoms with Crippen molar-refractivity contribution in [3.05, 3.63) is 20.8 Å². The Hall–Kier alpha value is 0.1000. The molecule has 1 aromatic heterocycles. The second-order valence-electron chi connectivity index (χ2n) is 4.21. The van der Waals surface area contributed by atoms with Crippen molar-refractivity contribution >= 4 is 27.3 Å². The van der Waals surface area contributed by atoms with Gasteiger partial charge in [0.2, 0.25) is 0 Å². The Morgan fingerprint density at radius 2 is 2.12 bits per heavy atom. The number of hydrogen-bond acceptors (Lipinski definition) is 3. The van der Waals surface area contributed by atoms with Crippen LogP contribution in [-0.4, -0.2) is 12.6 Å². The normalized spacial score (nSPS) is 14.8. The first kappa shape index (κ1) is 15.2. The Bertz CT molecular complexity index is 316. The SMILES string of the molecule is CCCCCOC(c1ccc(Br)s1)C(N)CC. The van der Waals surface area contributed by atoms with Crippen LogP contribution in [0.5, 0.6) is 0 Å². The van der Waals surface area contributed by atoms with E-state index in [9.17, 15) is 0 Å². The number of hydrogen-bond donors (Lipinski definition) is 1. The Morgan fingerprint density at radius 1 is 1.35 bits per heavy atom. The van der Waals surface area contributed by atoms with Crippen LogP contribution in [0.3, 0.4) is 0 Å². The minimum absolute atomic E-state index is 0.0492. The van der Waals surface area contributed by atoms with Crippen LogP contribution < -0.4 is 5.73 Å². The summed E-state index contributed by atoms with van der Waals surface area (Å²) < 4.78 is 7.10. The molecule has 4 heteroatoms. The highest BCUT2D eigenvalue weighted by atomic mass is 79.9. The zero-order chi connectivity index (χ0) is 12.7. The average molecular weight is 320 g/mol. The van der Waals surface area contributed by atoms with Crippen LogP contribution in [-0.2, 0) is 4.74 Å². The first-order chi connectivity index (χ1) is 8.19. The molecule has 0 bridgehead atoms. The number of thiophene rings is 1. The highest BCUT2D eigenvalue weighted by Crippen LogP contribution is 2.31. The molecule has 2 atom stereocenters. The molecule has 0 aromatic carbocycles. The van der Waals surface area contributed by atoms with Crippen LogP contribution in [0.25, 0.3) is 0 Å². The van der Waals surface area contributed by atoms with Crippen molar-refractivity contribution in [1.29, 1.82) is 0 Å². The smallest absolute Gasteiger partial charge is 0.107 e. The van der Waals surface area contributed by atoms with Crippen LogP contribution in [0.2, 0.25) is 0 Å². The maximum absolute atomic E-state index is 6.14. The summed E-state index contributed by atoms with van der Waals surface area (Å²) in [6.07, 6.45) is 4.55. The van der Waals surface area contributed by atoms with Gasteiger partial charge < -0.3 is 10.5 Å². The van der Waals surface area contributed by atoms with Gasteiger partial charge >= 0.3 is 0 Å². The van der Waals surface area contributed by atoms with Crippen molar-refractivity contribution in [1.82, 2.24) is 0 Å². The monoisotopic (exact) mass is 319 g/mol. The lowest BCUT2D eigenvalue weighted by Gasteiger charge is -2.22. The van der Waals surface area contributed by atoms with Gasteiger partial charge in [-0.05, 0) is 40.9 Å². The Balaban J connectivity index is 2.55. The zero-order valence-corrected chi connectivity index (χ0v) is 13.0. The van der Waals surface area contributed by atoms with E-state index in [1.807, 2.05) is 0 Å². The first-order valence-electron chi connectivity index (χ1n) is 6.31. The van der Waals surface area contributed by atoms with Crippen molar-refractivity contribution in [2.75, 3.05) is 6.61 Å². The van der Waals surface area contributed by atoms with Crippen molar-refractivity contribution < 1.29 is 4.74 Å². The van der Waals surface area contributed by atoms with Gasteiger partial charge in [0.05, 0.1) is 3.79 Å². The molecule has 0 amide bonds. The molecule has 0 radical (unpaired) electrons. The molecular weight excluding hydrogens is 298 g/mol. The fraction of sp³-hybridized carbons (Fsp3) is 0.692. The summed E-state index contributed by atoms with van der Waals surface area (Å²) in [5.41, 5.74) is 6.14. The Labute approximate surface area is 117 Å². The van der Waals surface area contributed by atoms with E-state index in [-0.39, 0.29) is 12.1 Å². The van der Waals surface area contributed by atoms with Gasteiger partial charge in [0, 0.05) is 17.5 Å². The summed E-state index contributed by atoms with van der Waals surface area (Å²) in [6.45, 7) is 5.11. The maximum Gasteiger partial charge on any atom is 0.107 e. The molecule has 1 aromatic rings. The van der Waals surface area contributed by atoms with E-state index in [0.29, 0.717) is 0 Å². The molecule has 1 heterocycles. The molecule has 1 rings (SSSR count). The minimum atomic E-state index is 0.0492. The van der Waals surface area contributed by atoms with Crippen LogP contribution >= 0.6 is 27.3 Å². The Morgan fingerprint density at radius 3 is 2.65 bits per heavy atom. The van der Waals surface area contributed by atoms with E-state index in [1.54, 1.807) is 11.3 Å². The molecule has 17 heavy (non-hydrogen) atoms. The largest absolute Gasteiger partial charge is 0.371 e. The molecular formula is C13H22BrNOS. The van der Waals surface area contributed by atoms with Crippen molar-refractivity contribution in [3.63, 3.8) is 0 Å². The molecule has 0 aliphatic carbocycles. The lowest BCUT2D eigenvalue weighted by Crippen LogP contribution is -2.29. The van der Waals surface area contributed by atoms with Crippen molar-refractivity contribution in [2.24, 2.45) is 5.73 Å². The van der Waals surface area contributed by atoms with Crippen molar-refractivity contribution in [2.45, 2.75) is 51.7 Å². The molecule has 0 spiro atoms. The maximum atomic E-state index is 6.14. The summed E-state index contributed by atoms with van der Waals surface area (Å²) in [6, 6.07) is 4.25. The van der Waals surface area contributed by atoms with Gasteiger partial charge in [-0.3, -0.25) is 0 Å². The van der Waals surface area contributed by atoms with Crippen LogP contribution in [0, 0.1) is 0 Å². The fourth-order valence-electron chi connectivity index (χ4n) is 1.67. The molecule has 2 N–H and O–H groups in total. The van der Waals surface area contributed by atoms with Crippen LogP contribution in [0.4, 0.5) is 0 Å². The second kappa shape index (κ2) is 8.25. The summed E-state index contributed by atoms with van der Waals surface area (Å²) in [5, 5.41) is 0. The lowest BCUT2D eigenvalue weighted by atomic mass is 10.1. The standard InChI is InChI=1S/C13H22BrNOS/c1-3-5-6-9-16-13(10(15)4-2)11-7-8-12(14)17-11/h7-8,10,13H,3-6,9,15H2,1-2H3. The predicted octanol–water partition coefficient (Wildman–Crippen LogP) is 4.50. The van der Waals surface area contributed by atoms with E-state index in [2.05, 4.69) is 41.9 Å². The van der Waals surface area contributed by atoms with E-state index in [0.717, 1.165) is 23.2 Å². The molecule has 98 valence electrons. The number of rotatable bonds is 8. The number of nitrogens with two attached hydrogens (primary N) is 1. The quantitative estimate of drug-likeness (QED) is 0.716. The highest BCUT2D eigenvalue weighted by Gasteiger charge is 2.20. The van der Waals surface area contributed by atoms with E-state index >= 15 is 0 Å². The van der Waals surface area contributed by atoms with Gasteiger partial charge in [-0.1, -0.05) is 26.7 Å². The summed E-state index contributed by atoms with van der Waals surface area (Å²) in [5.74, 6) is 0. The van der Waals surface area contributed by atoms with Gasteiger partial charge in [-0.15, -0.1) is 11.3 Å². The summed E-state index contributed by atoms with van der Waals surface area (Å²) in [4.78, 5) is 1.22. The fourth-order valence-corrected chi connectivity index (χ4v) is 3.22. The Kier molecular flexibility index (Phi) is 7.35. The van der Waals surface area contributed by atoms with Gasteiger partial charge in [0.25, 0.3) is 0 Å². The van der Waals surface area contributed by atoms with Crippen LogP contribution in [0.1, 0.15) is 50.5 Å². The molecule has 2 nitrogen and oxygen atoms in total. The number of ether oxygens (including phenoxy) is 1. The first-order valence-corrected chi connectivity index (χ1v) is 7.92. The summed E-state index contributed by atoms with van der Waals surface area (Å²) in [7, 11) is 0. The second-order valence-corrected chi connectivity index (χ2v) is 6.71. The van der Waals surface area contributed by atoms with E-state index in [1.165, 1.54) is 17.7 Å². The van der Waals surface area contributed by atoms with E-state index in [4.69, 9.17) is 10.5 Å². The number of halogens is 1. The van der Waals surface area contributed by atoms with Crippen molar-refractivity contribution in [3.8, 4) is 0 Å². The van der Waals surface area contributed by atoms with Gasteiger partial charge in [0.15, 0.2) is 0 Å². The lowest BCUT2D eigenvalue weighted by molar-refractivity contribution is 0.0336. The summed E-state index contributed by atoms with van der Waals surface area (Å²) >= 11 is 5.20. The molecule has 0 fully saturated rings. The van der Waals surface area contributed by atoms with Gasteiger partial charge in [-0.2, -0.15) is 0 Å². The third-order valence-corrected chi connectivity index (χ3v) is 4.47. The van der Waals surface area contributed by atoms with Gasteiger partial charge in [-0.25, -0.2) is 0 Å². The average Bonchev–Trinajstić information content (AvgIpc) is 2.75. The molecule has 0 aliphatic rings. The molecule has 0 saturated carbocycles.